The van der Waals surface area contributed by atoms with Gasteiger partial charge in [0.15, 0.2) is 5.52 Å². The minimum atomic E-state index is -3.46. The topological polar surface area (TPSA) is 76.3 Å². The zero-order valence-electron chi connectivity index (χ0n) is 9.04. The summed E-state index contributed by atoms with van der Waals surface area (Å²) in [5.74, 6) is 0. The number of benzene rings is 1. The van der Waals surface area contributed by atoms with Crippen molar-refractivity contribution in [3.63, 3.8) is 0 Å². The standard InChI is InChI=1S/C10H11N3O3S/c14-17(15,13-6-1-2-7-13)9-5-3-4-8-10(9)12-16-11-8/h3-5H,1-2,6-7H2. The quantitative estimate of drug-likeness (QED) is 0.798. The van der Waals surface area contributed by atoms with Crippen molar-refractivity contribution >= 4 is 21.1 Å². The molecule has 0 radical (unpaired) electrons. The SMILES string of the molecule is O=S(=O)(c1cccc2nonc12)N1CCCC1. The maximum atomic E-state index is 12.4. The molecular weight excluding hydrogens is 242 g/mol. The van der Waals surface area contributed by atoms with Crippen LogP contribution in [-0.4, -0.2) is 36.1 Å². The summed E-state index contributed by atoms with van der Waals surface area (Å²) in [6.45, 7) is 1.15. The molecule has 0 atom stereocenters. The summed E-state index contributed by atoms with van der Waals surface area (Å²) in [6.07, 6.45) is 1.82. The molecule has 1 aromatic carbocycles. The fourth-order valence-electron chi connectivity index (χ4n) is 2.06. The van der Waals surface area contributed by atoms with Crippen LogP contribution in [0.15, 0.2) is 27.7 Å². The third-order valence-corrected chi connectivity index (χ3v) is 4.86. The van der Waals surface area contributed by atoms with E-state index in [0.29, 0.717) is 24.1 Å². The minimum Gasteiger partial charge on any atom is -0.243 e. The maximum absolute atomic E-state index is 12.4. The van der Waals surface area contributed by atoms with Gasteiger partial charge in [0.25, 0.3) is 0 Å². The molecule has 17 heavy (non-hydrogen) atoms. The Balaban J connectivity index is 2.17. The third kappa shape index (κ3) is 1.62. The Morgan fingerprint density at radius 1 is 1.18 bits per heavy atom. The molecule has 0 saturated carbocycles. The summed E-state index contributed by atoms with van der Waals surface area (Å²) in [7, 11) is -3.46. The predicted octanol–water partition coefficient (Wildman–Crippen LogP) is 1.01. The van der Waals surface area contributed by atoms with Crippen LogP contribution in [0.2, 0.25) is 0 Å². The predicted molar refractivity (Wildman–Crippen MR) is 59.8 cm³/mol. The van der Waals surface area contributed by atoms with Crippen LogP contribution in [0, 0.1) is 0 Å². The van der Waals surface area contributed by atoms with Gasteiger partial charge in [-0.1, -0.05) is 6.07 Å². The summed E-state index contributed by atoms with van der Waals surface area (Å²) >= 11 is 0. The van der Waals surface area contributed by atoms with Crippen LogP contribution in [0.3, 0.4) is 0 Å². The maximum Gasteiger partial charge on any atom is 0.245 e. The average Bonchev–Trinajstić information content (AvgIpc) is 2.99. The molecule has 3 rings (SSSR count). The molecule has 7 heteroatoms. The summed E-state index contributed by atoms with van der Waals surface area (Å²) in [5, 5.41) is 7.31. The Hall–Kier alpha value is -1.47. The van der Waals surface area contributed by atoms with Crippen LogP contribution in [-0.2, 0) is 10.0 Å². The van der Waals surface area contributed by atoms with Crippen LogP contribution >= 0.6 is 0 Å². The first-order chi connectivity index (χ1) is 8.19. The molecule has 0 bridgehead atoms. The number of hydrogen-bond donors (Lipinski definition) is 0. The van der Waals surface area contributed by atoms with E-state index in [0.717, 1.165) is 12.8 Å². The van der Waals surface area contributed by atoms with Gasteiger partial charge in [-0.2, -0.15) is 4.31 Å². The van der Waals surface area contributed by atoms with E-state index in [2.05, 4.69) is 14.9 Å². The van der Waals surface area contributed by atoms with Gasteiger partial charge >= 0.3 is 0 Å². The number of sulfonamides is 1. The van der Waals surface area contributed by atoms with E-state index in [1.807, 2.05) is 0 Å². The molecule has 1 saturated heterocycles. The second-order valence-electron chi connectivity index (χ2n) is 4.00. The molecule has 1 aliphatic heterocycles. The normalized spacial score (nSPS) is 17.9. The summed E-state index contributed by atoms with van der Waals surface area (Å²) in [5.41, 5.74) is 0.768. The van der Waals surface area contributed by atoms with Gasteiger partial charge in [-0.25, -0.2) is 13.0 Å². The Morgan fingerprint density at radius 3 is 2.71 bits per heavy atom. The highest BCUT2D eigenvalue weighted by Gasteiger charge is 2.29. The largest absolute Gasteiger partial charge is 0.245 e. The molecule has 1 aliphatic rings. The highest BCUT2D eigenvalue weighted by Crippen LogP contribution is 2.25. The van der Waals surface area contributed by atoms with E-state index in [1.54, 1.807) is 18.2 Å². The fraction of sp³-hybridized carbons (Fsp3) is 0.400. The van der Waals surface area contributed by atoms with Gasteiger partial charge in [-0.05, 0) is 35.3 Å². The third-order valence-electron chi connectivity index (χ3n) is 2.93. The zero-order valence-corrected chi connectivity index (χ0v) is 9.85. The van der Waals surface area contributed by atoms with Gasteiger partial charge in [-0.3, -0.25) is 0 Å². The van der Waals surface area contributed by atoms with Gasteiger partial charge in [-0.15, -0.1) is 0 Å². The van der Waals surface area contributed by atoms with Gasteiger partial charge in [0.05, 0.1) is 0 Å². The van der Waals surface area contributed by atoms with E-state index in [4.69, 9.17) is 0 Å². The van der Waals surface area contributed by atoms with Crippen molar-refractivity contribution in [2.24, 2.45) is 0 Å². The summed E-state index contributed by atoms with van der Waals surface area (Å²) in [6, 6.07) is 4.87. The Kier molecular flexibility index (Phi) is 2.37. The minimum absolute atomic E-state index is 0.179. The van der Waals surface area contributed by atoms with Gasteiger partial charge in [0.1, 0.15) is 10.4 Å². The Labute approximate surface area is 98.2 Å². The molecule has 0 amide bonds. The van der Waals surface area contributed by atoms with Crippen LogP contribution in [0.5, 0.6) is 0 Å². The van der Waals surface area contributed by atoms with Crippen molar-refractivity contribution in [2.75, 3.05) is 13.1 Å². The Bertz CT molecular complexity index is 644. The first-order valence-corrected chi connectivity index (χ1v) is 6.85. The monoisotopic (exact) mass is 253 g/mol. The van der Waals surface area contributed by atoms with Gasteiger partial charge in [0, 0.05) is 13.1 Å². The van der Waals surface area contributed by atoms with Crippen molar-refractivity contribution in [1.29, 1.82) is 0 Å². The van der Waals surface area contributed by atoms with Crippen molar-refractivity contribution in [1.82, 2.24) is 14.6 Å². The van der Waals surface area contributed by atoms with Crippen LogP contribution in [0.4, 0.5) is 0 Å². The zero-order chi connectivity index (χ0) is 11.9. The smallest absolute Gasteiger partial charge is 0.243 e. The number of rotatable bonds is 2. The summed E-state index contributed by atoms with van der Waals surface area (Å²) < 4.78 is 30.8. The molecule has 0 spiro atoms. The first-order valence-electron chi connectivity index (χ1n) is 5.41. The first kappa shape index (κ1) is 10.7. The number of aromatic nitrogens is 2. The molecule has 6 nitrogen and oxygen atoms in total. The molecule has 0 unspecified atom stereocenters. The lowest BCUT2D eigenvalue weighted by atomic mass is 10.3. The lowest BCUT2D eigenvalue weighted by Crippen LogP contribution is -2.28. The van der Waals surface area contributed by atoms with E-state index in [-0.39, 0.29) is 4.90 Å². The van der Waals surface area contributed by atoms with Crippen molar-refractivity contribution in [3.8, 4) is 0 Å². The van der Waals surface area contributed by atoms with Crippen molar-refractivity contribution in [3.05, 3.63) is 18.2 Å². The highest BCUT2D eigenvalue weighted by atomic mass is 32.2. The second-order valence-corrected chi connectivity index (χ2v) is 5.91. The van der Waals surface area contributed by atoms with E-state index in [1.165, 1.54) is 4.31 Å². The van der Waals surface area contributed by atoms with Crippen LogP contribution in [0.25, 0.3) is 11.0 Å². The summed E-state index contributed by atoms with van der Waals surface area (Å²) in [4.78, 5) is 0.179. The van der Waals surface area contributed by atoms with E-state index in [9.17, 15) is 8.42 Å². The van der Waals surface area contributed by atoms with Crippen molar-refractivity contribution in [2.45, 2.75) is 17.7 Å². The Morgan fingerprint density at radius 2 is 1.94 bits per heavy atom. The van der Waals surface area contributed by atoms with Crippen LogP contribution < -0.4 is 0 Å². The molecule has 2 aromatic rings. The van der Waals surface area contributed by atoms with E-state index >= 15 is 0 Å². The lowest BCUT2D eigenvalue weighted by Gasteiger charge is -2.14. The highest BCUT2D eigenvalue weighted by molar-refractivity contribution is 7.89. The second kappa shape index (κ2) is 3.78. The average molecular weight is 253 g/mol. The van der Waals surface area contributed by atoms with Crippen molar-refractivity contribution < 1.29 is 13.0 Å². The molecule has 1 fully saturated rings. The van der Waals surface area contributed by atoms with Gasteiger partial charge < -0.3 is 0 Å². The molecular formula is C10H11N3O3S. The molecule has 90 valence electrons. The van der Waals surface area contributed by atoms with Crippen LogP contribution in [0.1, 0.15) is 12.8 Å². The molecule has 0 N–H and O–H groups in total. The lowest BCUT2D eigenvalue weighted by molar-refractivity contribution is 0.315. The van der Waals surface area contributed by atoms with E-state index < -0.39 is 10.0 Å². The van der Waals surface area contributed by atoms with Gasteiger partial charge in [0.2, 0.25) is 10.0 Å². The number of fused-ring (bicyclic) bond motifs is 1. The molecule has 1 aromatic heterocycles. The molecule has 0 aliphatic carbocycles. The fourth-order valence-corrected chi connectivity index (χ4v) is 3.71. The molecule has 2 heterocycles. The number of hydrogen-bond acceptors (Lipinski definition) is 5. The number of nitrogens with zero attached hydrogens (tertiary/aromatic N) is 3.